The molecule has 2 rings (SSSR count). The van der Waals surface area contributed by atoms with Crippen LogP contribution in [0.5, 0.6) is 0 Å². The van der Waals surface area contributed by atoms with Crippen molar-refractivity contribution in [3.05, 3.63) is 33.5 Å². The molecule has 0 fully saturated rings. The van der Waals surface area contributed by atoms with Crippen molar-refractivity contribution in [1.29, 1.82) is 0 Å². The Morgan fingerprint density at radius 3 is 2.68 bits per heavy atom. The number of aromatic nitrogens is 3. The number of hydrogen-bond acceptors (Lipinski definition) is 5. The molecule has 0 saturated carbocycles. The average Bonchev–Trinajstić information content (AvgIpc) is 2.87. The Morgan fingerprint density at radius 1 is 1.47 bits per heavy atom. The molecule has 104 valence electrons. The molecule has 2 aromatic heterocycles. The fraction of sp³-hybridized carbons (Fsp3) is 0.538. The first-order chi connectivity index (χ1) is 9.01. The fourth-order valence-electron chi connectivity index (χ4n) is 2.34. The van der Waals surface area contributed by atoms with E-state index in [0.717, 1.165) is 22.9 Å². The molecule has 2 N–H and O–H groups in total. The van der Waals surface area contributed by atoms with Gasteiger partial charge in [0.2, 0.25) is 0 Å². The van der Waals surface area contributed by atoms with Gasteiger partial charge in [-0.3, -0.25) is 9.58 Å². The third kappa shape index (κ3) is 3.20. The summed E-state index contributed by atoms with van der Waals surface area (Å²) in [5.74, 6) is 0. The molecule has 1 unspecified atom stereocenters. The first-order valence-corrected chi connectivity index (χ1v) is 7.20. The Labute approximate surface area is 118 Å². The van der Waals surface area contributed by atoms with Crippen LogP contribution in [0.25, 0.3) is 0 Å². The second kappa shape index (κ2) is 5.81. The lowest BCUT2D eigenvalue weighted by Gasteiger charge is -2.26. The maximum absolute atomic E-state index is 5.95. The van der Waals surface area contributed by atoms with Gasteiger partial charge in [-0.2, -0.15) is 5.10 Å². The molecule has 0 saturated heterocycles. The molecule has 0 aliphatic carbocycles. The van der Waals surface area contributed by atoms with Crippen molar-refractivity contribution in [3.63, 3.8) is 0 Å². The second-order valence-corrected chi connectivity index (χ2v) is 5.93. The van der Waals surface area contributed by atoms with E-state index in [1.165, 1.54) is 5.56 Å². The molecule has 6 heteroatoms. The zero-order valence-corrected chi connectivity index (χ0v) is 12.7. The van der Waals surface area contributed by atoms with E-state index >= 15 is 0 Å². The Morgan fingerprint density at radius 2 is 2.21 bits per heavy atom. The van der Waals surface area contributed by atoms with Crippen LogP contribution in [0.3, 0.4) is 0 Å². The SMILES string of the molecule is Cc1nc(CN(C)C(CN)c2cn(C)nc2C)cs1. The highest BCUT2D eigenvalue weighted by molar-refractivity contribution is 7.09. The molecule has 1 atom stereocenters. The molecule has 2 aromatic rings. The number of rotatable bonds is 5. The van der Waals surface area contributed by atoms with E-state index in [2.05, 4.69) is 33.6 Å². The number of likely N-dealkylation sites (N-methyl/N-ethyl adjacent to an activating group) is 1. The van der Waals surface area contributed by atoms with E-state index in [1.807, 2.05) is 25.6 Å². The Balaban J connectivity index is 2.15. The van der Waals surface area contributed by atoms with Gasteiger partial charge in [0, 0.05) is 37.3 Å². The quantitative estimate of drug-likeness (QED) is 0.903. The van der Waals surface area contributed by atoms with Gasteiger partial charge in [0.1, 0.15) is 0 Å². The summed E-state index contributed by atoms with van der Waals surface area (Å²) in [6.07, 6.45) is 2.05. The molecule has 0 bridgehead atoms. The van der Waals surface area contributed by atoms with Gasteiger partial charge in [-0.05, 0) is 20.9 Å². The minimum Gasteiger partial charge on any atom is -0.329 e. The topological polar surface area (TPSA) is 60.0 Å². The van der Waals surface area contributed by atoms with Crippen LogP contribution in [0, 0.1) is 13.8 Å². The monoisotopic (exact) mass is 279 g/mol. The van der Waals surface area contributed by atoms with Crippen molar-refractivity contribution in [1.82, 2.24) is 19.7 Å². The molecular formula is C13H21N5S. The van der Waals surface area contributed by atoms with Crippen molar-refractivity contribution in [2.75, 3.05) is 13.6 Å². The van der Waals surface area contributed by atoms with Gasteiger partial charge in [-0.1, -0.05) is 0 Å². The fourth-order valence-corrected chi connectivity index (χ4v) is 2.94. The number of aryl methyl sites for hydroxylation is 3. The van der Waals surface area contributed by atoms with E-state index < -0.39 is 0 Å². The van der Waals surface area contributed by atoms with E-state index in [0.29, 0.717) is 6.54 Å². The molecule has 2 heterocycles. The van der Waals surface area contributed by atoms with Crippen molar-refractivity contribution in [2.24, 2.45) is 12.8 Å². The summed E-state index contributed by atoms with van der Waals surface area (Å²) < 4.78 is 1.84. The molecule has 0 spiro atoms. The zero-order valence-electron chi connectivity index (χ0n) is 11.9. The molecular weight excluding hydrogens is 258 g/mol. The van der Waals surface area contributed by atoms with Crippen molar-refractivity contribution < 1.29 is 0 Å². The van der Waals surface area contributed by atoms with Crippen LogP contribution in [0.1, 0.15) is 28.0 Å². The number of thiazole rings is 1. The lowest BCUT2D eigenvalue weighted by atomic mass is 10.1. The van der Waals surface area contributed by atoms with Crippen molar-refractivity contribution >= 4 is 11.3 Å². The second-order valence-electron chi connectivity index (χ2n) is 4.87. The van der Waals surface area contributed by atoms with Crippen LogP contribution in [-0.2, 0) is 13.6 Å². The Bertz CT molecular complexity index is 545. The summed E-state index contributed by atoms with van der Waals surface area (Å²) in [4.78, 5) is 6.74. The normalized spacial score (nSPS) is 13.2. The molecule has 0 aliphatic heterocycles. The van der Waals surface area contributed by atoms with Gasteiger partial charge in [0.15, 0.2) is 0 Å². The first kappa shape index (κ1) is 14.2. The van der Waals surface area contributed by atoms with E-state index in [1.54, 1.807) is 11.3 Å². The molecule has 0 aromatic carbocycles. The van der Waals surface area contributed by atoms with Gasteiger partial charge < -0.3 is 5.73 Å². The average molecular weight is 279 g/mol. The molecule has 19 heavy (non-hydrogen) atoms. The lowest BCUT2D eigenvalue weighted by molar-refractivity contribution is 0.238. The largest absolute Gasteiger partial charge is 0.329 e. The highest BCUT2D eigenvalue weighted by atomic mass is 32.1. The van der Waals surface area contributed by atoms with Gasteiger partial charge >= 0.3 is 0 Å². The maximum Gasteiger partial charge on any atom is 0.0897 e. The lowest BCUT2D eigenvalue weighted by Crippen LogP contribution is -2.30. The third-order valence-corrected chi connectivity index (χ3v) is 4.07. The minimum atomic E-state index is 0.177. The van der Waals surface area contributed by atoms with Gasteiger partial charge in [-0.25, -0.2) is 4.98 Å². The van der Waals surface area contributed by atoms with Crippen molar-refractivity contribution in [3.8, 4) is 0 Å². The van der Waals surface area contributed by atoms with Crippen LogP contribution >= 0.6 is 11.3 Å². The summed E-state index contributed by atoms with van der Waals surface area (Å²) in [6.45, 7) is 5.44. The molecule has 0 aliphatic rings. The molecule has 0 amide bonds. The number of nitrogens with two attached hydrogens (primary N) is 1. The summed E-state index contributed by atoms with van der Waals surface area (Å²) in [7, 11) is 4.02. The highest BCUT2D eigenvalue weighted by Crippen LogP contribution is 2.23. The van der Waals surface area contributed by atoms with Crippen LogP contribution in [0.4, 0.5) is 0 Å². The predicted octanol–water partition coefficient (Wildman–Crippen LogP) is 1.63. The van der Waals surface area contributed by atoms with Crippen molar-refractivity contribution in [2.45, 2.75) is 26.4 Å². The summed E-state index contributed by atoms with van der Waals surface area (Å²) in [5.41, 5.74) is 9.28. The van der Waals surface area contributed by atoms with E-state index in [4.69, 9.17) is 5.73 Å². The zero-order chi connectivity index (χ0) is 14.0. The van der Waals surface area contributed by atoms with E-state index in [-0.39, 0.29) is 6.04 Å². The minimum absolute atomic E-state index is 0.177. The first-order valence-electron chi connectivity index (χ1n) is 6.32. The number of hydrogen-bond donors (Lipinski definition) is 1. The van der Waals surface area contributed by atoms with Crippen LogP contribution < -0.4 is 5.73 Å². The summed E-state index contributed by atoms with van der Waals surface area (Å²) in [6, 6.07) is 0.177. The summed E-state index contributed by atoms with van der Waals surface area (Å²) >= 11 is 1.68. The Hall–Kier alpha value is -1.24. The predicted molar refractivity (Wildman–Crippen MR) is 78.1 cm³/mol. The summed E-state index contributed by atoms with van der Waals surface area (Å²) in [5, 5.41) is 7.60. The van der Waals surface area contributed by atoms with E-state index in [9.17, 15) is 0 Å². The molecule has 5 nitrogen and oxygen atoms in total. The van der Waals surface area contributed by atoms with Crippen LogP contribution in [-0.4, -0.2) is 33.3 Å². The van der Waals surface area contributed by atoms with Crippen LogP contribution in [0.15, 0.2) is 11.6 Å². The maximum atomic E-state index is 5.95. The number of nitrogens with zero attached hydrogens (tertiary/aromatic N) is 4. The smallest absolute Gasteiger partial charge is 0.0897 e. The van der Waals surface area contributed by atoms with Gasteiger partial charge in [0.25, 0.3) is 0 Å². The van der Waals surface area contributed by atoms with Gasteiger partial charge in [0.05, 0.1) is 22.4 Å². The van der Waals surface area contributed by atoms with Gasteiger partial charge in [-0.15, -0.1) is 11.3 Å². The highest BCUT2D eigenvalue weighted by Gasteiger charge is 2.20. The van der Waals surface area contributed by atoms with Crippen LogP contribution in [0.2, 0.25) is 0 Å². The third-order valence-electron chi connectivity index (χ3n) is 3.24. The molecule has 0 radical (unpaired) electrons. The standard InChI is InChI=1S/C13H21N5S/c1-9-12(7-18(4)16-9)13(5-14)17(3)6-11-8-19-10(2)15-11/h7-8,13H,5-6,14H2,1-4H3. The Kier molecular flexibility index (Phi) is 4.34.